The van der Waals surface area contributed by atoms with Gasteiger partial charge in [0.05, 0.1) is 0 Å². The normalized spacial score (nSPS) is 18.5. The van der Waals surface area contributed by atoms with Gasteiger partial charge in [-0.15, -0.1) is 0 Å². The van der Waals surface area contributed by atoms with E-state index in [2.05, 4.69) is 25.5 Å². The first-order valence-corrected chi connectivity index (χ1v) is 9.56. The Morgan fingerprint density at radius 1 is 1.04 bits per heavy atom. The molecule has 0 radical (unpaired) electrons. The van der Waals surface area contributed by atoms with E-state index in [9.17, 15) is 9.59 Å². The number of carbonyl (C=O) groups excluding carboxylic acids is 2. The molecule has 2 heterocycles. The summed E-state index contributed by atoms with van der Waals surface area (Å²) in [5.41, 5.74) is 0. The molecule has 2 N–H and O–H groups in total. The summed E-state index contributed by atoms with van der Waals surface area (Å²) in [5.74, 6) is 0.732. The molecular weight excluding hydrogens is 332 g/mol. The molecule has 8 heteroatoms. The third kappa shape index (κ3) is 5.31. The molecule has 2 aliphatic rings. The van der Waals surface area contributed by atoms with Gasteiger partial charge in [0.1, 0.15) is 0 Å². The van der Waals surface area contributed by atoms with Crippen molar-refractivity contribution < 1.29 is 9.59 Å². The second-order valence-electron chi connectivity index (χ2n) is 6.91. The predicted octanol–water partition coefficient (Wildman–Crippen LogP) is 1.15. The Bertz CT molecular complexity index is 583. The second kappa shape index (κ2) is 9.35. The molecule has 26 heavy (non-hydrogen) atoms. The Hall–Kier alpha value is -2.38. The molecule has 1 aromatic heterocycles. The quantitative estimate of drug-likeness (QED) is 0.822. The van der Waals surface area contributed by atoms with Crippen molar-refractivity contribution in [2.75, 3.05) is 37.6 Å². The van der Waals surface area contributed by atoms with E-state index in [1.54, 1.807) is 23.4 Å². The van der Waals surface area contributed by atoms with Gasteiger partial charge in [-0.25, -0.2) is 14.8 Å². The lowest BCUT2D eigenvalue weighted by molar-refractivity contribution is -0.121. The van der Waals surface area contributed by atoms with Crippen molar-refractivity contribution in [3.63, 3.8) is 0 Å². The van der Waals surface area contributed by atoms with E-state index in [1.807, 2.05) is 0 Å². The SMILES string of the molecule is O=C(CCNC(=O)N1CCN(c2ncccn2)CC1)NC1CCCCC1. The summed E-state index contributed by atoms with van der Waals surface area (Å²) in [7, 11) is 0. The second-order valence-corrected chi connectivity index (χ2v) is 6.91. The molecule has 8 nitrogen and oxygen atoms in total. The van der Waals surface area contributed by atoms with Gasteiger partial charge in [-0.05, 0) is 18.9 Å². The van der Waals surface area contributed by atoms with Crippen LogP contribution in [0.4, 0.5) is 10.7 Å². The first kappa shape index (κ1) is 18.4. The molecule has 3 rings (SSSR count). The van der Waals surface area contributed by atoms with E-state index in [0.717, 1.165) is 12.8 Å². The van der Waals surface area contributed by atoms with Crippen LogP contribution in [-0.2, 0) is 4.79 Å². The summed E-state index contributed by atoms with van der Waals surface area (Å²) in [6.45, 7) is 3.04. The van der Waals surface area contributed by atoms with Gasteiger partial charge in [-0.1, -0.05) is 19.3 Å². The number of hydrogen-bond donors (Lipinski definition) is 2. The maximum atomic E-state index is 12.2. The van der Waals surface area contributed by atoms with E-state index in [0.29, 0.717) is 51.1 Å². The first-order chi connectivity index (χ1) is 12.7. The summed E-state index contributed by atoms with van der Waals surface area (Å²) >= 11 is 0. The molecule has 0 aromatic carbocycles. The number of nitrogens with zero attached hydrogens (tertiary/aromatic N) is 4. The zero-order chi connectivity index (χ0) is 18.2. The van der Waals surface area contributed by atoms with Crippen LogP contribution in [0.5, 0.6) is 0 Å². The number of aromatic nitrogens is 2. The van der Waals surface area contributed by atoms with Crippen molar-refractivity contribution >= 4 is 17.9 Å². The summed E-state index contributed by atoms with van der Waals surface area (Å²) in [6.07, 6.45) is 9.59. The van der Waals surface area contributed by atoms with Gasteiger partial charge in [0.2, 0.25) is 11.9 Å². The van der Waals surface area contributed by atoms with E-state index in [-0.39, 0.29) is 11.9 Å². The Morgan fingerprint density at radius 3 is 2.42 bits per heavy atom. The molecule has 0 spiro atoms. The van der Waals surface area contributed by atoms with Crippen LogP contribution in [-0.4, -0.2) is 65.6 Å². The maximum Gasteiger partial charge on any atom is 0.317 e. The number of amides is 3. The van der Waals surface area contributed by atoms with Gasteiger partial charge in [0.15, 0.2) is 0 Å². The lowest BCUT2D eigenvalue weighted by atomic mass is 9.95. The van der Waals surface area contributed by atoms with Crippen LogP contribution < -0.4 is 15.5 Å². The van der Waals surface area contributed by atoms with Gasteiger partial charge >= 0.3 is 6.03 Å². The van der Waals surface area contributed by atoms with Gasteiger partial charge < -0.3 is 20.4 Å². The van der Waals surface area contributed by atoms with E-state index in [4.69, 9.17) is 0 Å². The van der Waals surface area contributed by atoms with Gasteiger partial charge in [0, 0.05) is 57.6 Å². The number of nitrogens with one attached hydrogen (secondary N) is 2. The fourth-order valence-electron chi connectivity index (χ4n) is 3.51. The zero-order valence-electron chi connectivity index (χ0n) is 15.2. The smallest absolute Gasteiger partial charge is 0.317 e. The molecule has 1 aliphatic carbocycles. The van der Waals surface area contributed by atoms with E-state index < -0.39 is 0 Å². The minimum Gasteiger partial charge on any atom is -0.353 e. The van der Waals surface area contributed by atoms with Crippen LogP contribution in [0.2, 0.25) is 0 Å². The van der Waals surface area contributed by atoms with Crippen LogP contribution >= 0.6 is 0 Å². The van der Waals surface area contributed by atoms with Crippen LogP contribution in [0.3, 0.4) is 0 Å². The monoisotopic (exact) mass is 360 g/mol. The average molecular weight is 360 g/mol. The topological polar surface area (TPSA) is 90.5 Å². The number of hydrogen-bond acceptors (Lipinski definition) is 5. The highest BCUT2D eigenvalue weighted by Crippen LogP contribution is 2.17. The summed E-state index contributed by atoms with van der Waals surface area (Å²) in [6, 6.07) is 2.00. The van der Waals surface area contributed by atoms with Crippen molar-refractivity contribution in [2.24, 2.45) is 0 Å². The van der Waals surface area contributed by atoms with E-state index in [1.165, 1.54) is 19.3 Å². The lowest BCUT2D eigenvalue weighted by Gasteiger charge is -2.34. The first-order valence-electron chi connectivity index (χ1n) is 9.56. The third-order valence-corrected chi connectivity index (χ3v) is 5.00. The lowest BCUT2D eigenvalue weighted by Crippen LogP contribution is -2.52. The summed E-state index contributed by atoms with van der Waals surface area (Å²) in [5, 5.41) is 5.92. The Morgan fingerprint density at radius 2 is 1.73 bits per heavy atom. The van der Waals surface area contributed by atoms with Crippen molar-refractivity contribution in [2.45, 2.75) is 44.6 Å². The Balaban J connectivity index is 1.32. The van der Waals surface area contributed by atoms with Gasteiger partial charge in [-0.3, -0.25) is 4.79 Å². The zero-order valence-corrected chi connectivity index (χ0v) is 15.2. The average Bonchev–Trinajstić information content (AvgIpc) is 2.69. The number of piperazine rings is 1. The largest absolute Gasteiger partial charge is 0.353 e. The van der Waals surface area contributed by atoms with Crippen molar-refractivity contribution in [3.05, 3.63) is 18.5 Å². The Labute approximate surface area is 154 Å². The number of anilines is 1. The molecule has 1 saturated heterocycles. The highest BCUT2D eigenvalue weighted by atomic mass is 16.2. The van der Waals surface area contributed by atoms with Gasteiger partial charge in [0.25, 0.3) is 0 Å². The van der Waals surface area contributed by atoms with Crippen molar-refractivity contribution in [1.29, 1.82) is 0 Å². The Kier molecular flexibility index (Phi) is 6.62. The van der Waals surface area contributed by atoms with Crippen molar-refractivity contribution in [1.82, 2.24) is 25.5 Å². The van der Waals surface area contributed by atoms with Crippen molar-refractivity contribution in [3.8, 4) is 0 Å². The predicted molar refractivity (Wildman–Crippen MR) is 98.8 cm³/mol. The molecule has 1 saturated carbocycles. The third-order valence-electron chi connectivity index (χ3n) is 5.00. The maximum absolute atomic E-state index is 12.2. The molecule has 0 bridgehead atoms. The van der Waals surface area contributed by atoms with Crippen LogP contribution in [0.15, 0.2) is 18.5 Å². The fraction of sp³-hybridized carbons (Fsp3) is 0.667. The summed E-state index contributed by atoms with van der Waals surface area (Å²) in [4.78, 5) is 36.5. The highest BCUT2D eigenvalue weighted by molar-refractivity contribution is 5.78. The number of urea groups is 1. The van der Waals surface area contributed by atoms with Crippen LogP contribution in [0, 0.1) is 0 Å². The fourth-order valence-corrected chi connectivity index (χ4v) is 3.51. The van der Waals surface area contributed by atoms with Gasteiger partial charge in [-0.2, -0.15) is 0 Å². The van der Waals surface area contributed by atoms with Crippen LogP contribution in [0.1, 0.15) is 38.5 Å². The molecule has 0 atom stereocenters. The molecule has 1 aliphatic heterocycles. The van der Waals surface area contributed by atoms with E-state index >= 15 is 0 Å². The minimum absolute atomic E-state index is 0.0308. The summed E-state index contributed by atoms with van der Waals surface area (Å²) < 4.78 is 0. The minimum atomic E-state index is -0.107. The molecule has 3 amide bonds. The molecule has 2 fully saturated rings. The molecule has 142 valence electrons. The number of carbonyl (C=O) groups is 2. The number of rotatable bonds is 5. The van der Waals surface area contributed by atoms with Crippen LogP contribution in [0.25, 0.3) is 0 Å². The molecule has 1 aromatic rings. The molecular formula is C18H28N6O2. The highest BCUT2D eigenvalue weighted by Gasteiger charge is 2.22. The molecule has 0 unspecified atom stereocenters. The standard InChI is InChI=1S/C18H28N6O2/c25-16(22-15-5-2-1-3-6-15)7-10-21-18(26)24-13-11-23(12-14-24)17-19-8-4-9-20-17/h4,8-9,15H,1-3,5-7,10-14H2,(H,21,26)(H,22,25).